The summed E-state index contributed by atoms with van der Waals surface area (Å²) in [5.74, 6) is 0.801. The number of hydrogen-bond donors (Lipinski definition) is 2. The van der Waals surface area contributed by atoms with Crippen molar-refractivity contribution in [2.24, 2.45) is 0 Å². The number of benzene rings is 3. The van der Waals surface area contributed by atoms with E-state index in [2.05, 4.69) is 10.6 Å². The van der Waals surface area contributed by atoms with Crippen molar-refractivity contribution in [3.8, 4) is 11.5 Å². The second-order valence-electron chi connectivity index (χ2n) is 7.63. The van der Waals surface area contributed by atoms with Crippen LogP contribution in [0.2, 0.25) is 0 Å². The molecule has 2 amide bonds. The normalized spacial score (nSPS) is 11.7. The third-order valence-electron chi connectivity index (χ3n) is 4.85. The molecule has 0 aliphatic heterocycles. The molecule has 0 saturated carbocycles. The van der Waals surface area contributed by atoms with Gasteiger partial charge in [-0.15, -0.1) is 0 Å². The van der Waals surface area contributed by atoms with Gasteiger partial charge in [-0.1, -0.05) is 67.6 Å². The van der Waals surface area contributed by atoms with E-state index in [1.54, 1.807) is 30.3 Å². The van der Waals surface area contributed by atoms with E-state index in [1.165, 1.54) is 0 Å². The lowest BCUT2D eigenvalue weighted by Gasteiger charge is -2.19. The molecule has 3 aromatic carbocycles. The number of para-hydroxylation sites is 1. The number of allylic oxidation sites excluding steroid dienone is 1. The summed E-state index contributed by atoms with van der Waals surface area (Å²) < 4.78 is 11.5. The van der Waals surface area contributed by atoms with Crippen molar-refractivity contribution in [1.82, 2.24) is 5.32 Å². The molecular formula is C28H30N2O4. The van der Waals surface area contributed by atoms with Gasteiger partial charge in [0.1, 0.15) is 17.5 Å². The van der Waals surface area contributed by atoms with Crippen molar-refractivity contribution in [3.63, 3.8) is 0 Å². The molecule has 0 aliphatic rings. The van der Waals surface area contributed by atoms with Crippen LogP contribution in [0, 0.1) is 0 Å². The molecule has 0 bridgehead atoms. The number of ether oxygens (including phenoxy) is 2. The zero-order valence-corrected chi connectivity index (χ0v) is 19.3. The fourth-order valence-electron chi connectivity index (χ4n) is 3.12. The lowest BCUT2D eigenvalue weighted by molar-refractivity contribution is -0.127. The van der Waals surface area contributed by atoms with Gasteiger partial charge in [-0.25, -0.2) is 0 Å². The average Bonchev–Trinajstić information content (AvgIpc) is 2.86. The van der Waals surface area contributed by atoms with E-state index in [9.17, 15) is 9.59 Å². The maximum Gasteiger partial charge on any atom is 0.249 e. The largest absolute Gasteiger partial charge is 0.457 e. The van der Waals surface area contributed by atoms with Crippen molar-refractivity contribution in [2.75, 3.05) is 11.9 Å². The molecule has 6 heteroatoms. The Hall–Kier alpha value is -3.90. The summed E-state index contributed by atoms with van der Waals surface area (Å²) in [7, 11) is 0. The van der Waals surface area contributed by atoms with Crippen LogP contribution in [-0.2, 0) is 20.9 Å². The van der Waals surface area contributed by atoms with Crippen LogP contribution in [0.3, 0.4) is 0 Å². The Balaban J connectivity index is 1.59. The minimum atomic E-state index is -0.827. The van der Waals surface area contributed by atoms with Crippen molar-refractivity contribution in [1.29, 1.82) is 0 Å². The molecule has 0 radical (unpaired) electrons. The van der Waals surface area contributed by atoms with E-state index in [1.807, 2.05) is 73.7 Å². The van der Waals surface area contributed by atoms with Crippen LogP contribution in [0.25, 0.3) is 0 Å². The number of amides is 2. The minimum Gasteiger partial charge on any atom is -0.457 e. The van der Waals surface area contributed by atoms with Gasteiger partial charge < -0.3 is 20.1 Å². The van der Waals surface area contributed by atoms with Gasteiger partial charge in [0.15, 0.2) is 0 Å². The topological polar surface area (TPSA) is 76.7 Å². The predicted molar refractivity (Wildman–Crippen MR) is 134 cm³/mol. The zero-order chi connectivity index (χ0) is 24.0. The van der Waals surface area contributed by atoms with Crippen LogP contribution in [0.15, 0.2) is 97.1 Å². The third-order valence-corrected chi connectivity index (χ3v) is 4.85. The first-order chi connectivity index (χ1) is 16.6. The van der Waals surface area contributed by atoms with Gasteiger partial charge in [0, 0.05) is 12.1 Å². The molecule has 3 aromatic rings. The molecule has 34 heavy (non-hydrogen) atoms. The smallest absolute Gasteiger partial charge is 0.249 e. The van der Waals surface area contributed by atoms with Crippen molar-refractivity contribution >= 4 is 17.5 Å². The summed E-state index contributed by atoms with van der Waals surface area (Å²) in [6.07, 6.45) is 4.77. The van der Waals surface area contributed by atoms with Gasteiger partial charge in [-0.05, 0) is 48.4 Å². The SMILES string of the molecule is CC/C=C/CC(=O)NC(COCc1ccccc1)C(=O)Nc1ccc(Oc2ccccc2)cc1. The van der Waals surface area contributed by atoms with E-state index in [0.29, 0.717) is 18.0 Å². The lowest BCUT2D eigenvalue weighted by atomic mass is 10.2. The number of hydrogen-bond acceptors (Lipinski definition) is 4. The predicted octanol–water partition coefficient (Wildman–Crippen LogP) is 5.48. The molecule has 1 unspecified atom stereocenters. The molecule has 0 spiro atoms. The van der Waals surface area contributed by atoms with E-state index in [0.717, 1.165) is 17.7 Å². The Morgan fingerprint density at radius 1 is 0.853 bits per heavy atom. The molecular weight excluding hydrogens is 428 g/mol. The molecule has 2 N–H and O–H groups in total. The Bertz CT molecular complexity index is 1050. The zero-order valence-electron chi connectivity index (χ0n) is 19.3. The summed E-state index contributed by atoms with van der Waals surface area (Å²) >= 11 is 0. The first-order valence-electron chi connectivity index (χ1n) is 11.3. The van der Waals surface area contributed by atoms with Crippen LogP contribution in [0.5, 0.6) is 11.5 Å². The fourth-order valence-corrected chi connectivity index (χ4v) is 3.12. The maximum atomic E-state index is 12.9. The van der Waals surface area contributed by atoms with E-state index < -0.39 is 6.04 Å². The number of carbonyl (C=O) groups is 2. The highest BCUT2D eigenvalue weighted by Crippen LogP contribution is 2.22. The molecule has 0 aliphatic carbocycles. The molecule has 3 rings (SSSR count). The lowest BCUT2D eigenvalue weighted by Crippen LogP contribution is -2.46. The number of rotatable bonds is 12. The summed E-state index contributed by atoms with van der Waals surface area (Å²) in [6.45, 7) is 2.40. The van der Waals surface area contributed by atoms with Gasteiger partial charge in [0.05, 0.1) is 13.2 Å². The van der Waals surface area contributed by atoms with Crippen LogP contribution in [0.4, 0.5) is 5.69 Å². The Labute approximate surface area is 200 Å². The standard InChI is InChI=1S/C28H30N2O4/c1-2-3-6-15-27(31)30-26(21-33-20-22-11-7-4-8-12-22)28(32)29-23-16-18-25(19-17-23)34-24-13-9-5-10-14-24/h3-14,16-19,26H,2,15,20-21H2,1H3,(H,29,32)(H,30,31)/b6-3+. The molecule has 0 fully saturated rings. The minimum absolute atomic E-state index is 0.0547. The van der Waals surface area contributed by atoms with Crippen LogP contribution >= 0.6 is 0 Å². The first kappa shape index (κ1) is 24.7. The summed E-state index contributed by atoms with van der Waals surface area (Å²) in [4.78, 5) is 25.3. The van der Waals surface area contributed by atoms with Gasteiger partial charge in [0.25, 0.3) is 0 Å². The third kappa shape index (κ3) is 8.56. The monoisotopic (exact) mass is 458 g/mol. The van der Waals surface area contributed by atoms with E-state index >= 15 is 0 Å². The van der Waals surface area contributed by atoms with Gasteiger partial charge in [-0.2, -0.15) is 0 Å². The quantitative estimate of drug-likeness (QED) is 0.353. The number of nitrogens with one attached hydrogen (secondary N) is 2. The molecule has 176 valence electrons. The summed E-state index contributed by atoms with van der Waals surface area (Å²) in [6, 6.07) is 25.4. The van der Waals surface area contributed by atoms with Gasteiger partial charge in [0.2, 0.25) is 11.8 Å². The highest BCUT2D eigenvalue weighted by Gasteiger charge is 2.21. The second-order valence-corrected chi connectivity index (χ2v) is 7.63. The average molecular weight is 459 g/mol. The Morgan fingerprint density at radius 2 is 1.50 bits per heavy atom. The van der Waals surface area contributed by atoms with Crippen molar-refractivity contribution in [2.45, 2.75) is 32.4 Å². The maximum absolute atomic E-state index is 12.9. The van der Waals surface area contributed by atoms with Gasteiger partial charge >= 0.3 is 0 Å². The second kappa shape index (κ2) is 13.6. The Kier molecular flexibility index (Phi) is 9.90. The first-order valence-corrected chi connectivity index (χ1v) is 11.3. The molecule has 6 nitrogen and oxygen atoms in total. The van der Waals surface area contributed by atoms with Gasteiger partial charge in [-0.3, -0.25) is 9.59 Å². The van der Waals surface area contributed by atoms with Crippen LogP contribution in [0.1, 0.15) is 25.3 Å². The highest BCUT2D eigenvalue weighted by molar-refractivity contribution is 5.97. The molecule has 0 saturated heterocycles. The number of anilines is 1. The number of carbonyl (C=O) groups excluding carboxylic acids is 2. The summed E-state index contributed by atoms with van der Waals surface area (Å²) in [5.41, 5.74) is 1.59. The van der Waals surface area contributed by atoms with Crippen LogP contribution in [-0.4, -0.2) is 24.5 Å². The van der Waals surface area contributed by atoms with Crippen LogP contribution < -0.4 is 15.4 Å². The Morgan fingerprint density at radius 3 is 2.18 bits per heavy atom. The summed E-state index contributed by atoms with van der Waals surface area (Å²) in [5, 5.41) is 5.62. The molecule has 1 atom stereocenters. The van der Waals surface area contributed by atoms with Crippen molar-refractivity contribution in [3.05, 3.63) is 103 Å². The highest BCUT2D eigenvalue weighted by atomic mass is 16.5. The molecule has 0 aromatic heterocycles. The van der Waals surface area contributed by atoms with E-state index in [4.69, 9.17) is 9.47 Å². The fraction of sp³-hybridized carbons (Fsp3) is 0.214. The van der Waals surface area contributed by atoms with E-state index in [-0.39, 0.29) is 24.8 Å². The molecule has 0 heterocycles. The van der Waals surface area contributed by atoms with Crippen molar-refractivity contribution < 1.29 is 19.1 Å².